The molecule has 1 rings (SSSR count). The Morgan fingerprint density at radius 3 is 1.11 bits per heavy atom. The molecule has 0 aliphatic heterocycles. The van der Waals surface area contributed by atoms with Crippen molar-refractivity contribution in [3.05, 3.63) is 34.9 Å². The van der Waals surface area contributed by atoms with Gasteiger partial charge in [0.05, 0.1) is 0 Å². The largest absolute Gasteiger partial charge is 0.120 e. The molecule has 0 unspecified atom stereocenters. The highest BCUT2D eigenvalue weighted by molar-refractivity contribution is 5.31. The van der Waals surface area contributed by atoms with Crippen LogP contribution in [0.1, 0.15) is 36.0 Å². The van der Waals surface area contributed by atoms with Gasteiger partial charge in [0.2, 0.25) is 0 Å². The average molecular weight is 234 g/mol. The van der Waals surface area contributed by atoms with Gasteiger partial charge in [-0.1, -0.05) is 18.2 Å². The highest BCUT2D eigenvalue weighted by Gasteiger charge is 2.01. The molecule has 0 saturated carbocycles. The van der Waals surface area contributed by atoms with Crippen LogP contribution in [0.15, 0.2) is 18.2 Å². The van der Waals surface area contributed by atoms with E-state index in [4.69, 9.17) is 19.3 Å². The summed E-state index contributed by atoms with van der Waals surface area (Å²) in [4.78, 5) is 0. The Kier molecular flexibility index (Phi) is 6.25. The van der Waals surface area contributed by atoms with Crippen molar-refractivity contribution in [3.8, 4) is 37.0 Å². The van der Waals surface area contributed by atoms with E-state index in [1.807, 2.05) is 0 Å². The van der Waals surface area contributed by atoms with Crippen LogP contribution in [0.25, 0.3) is 0 Å². The summed E-state index contributed by atoms with van der Waals surface area (Å²) >= 11 is 0. The first kappa shape index (κ1) is 14.0. The zero-order chi connectivity index (χ0) is 13.2. The standard InChI is InChI=1S/C18H18/c1-4-7-10-16-13-17(11-8-5-2)15-18(14-16)12-9-6-3/h1-3,13-15H,7-12H2. The third-order valence-corrected chi connectivity index (χ3v) is 2.79. The summed E-state index contributed by atoms with van der Waals surface area (Å²) in [5.74, 6) is 8.03. The van der Waals surface area contributed by atoms with Crippen LogP contribution in [0, 0.1) is 37.0 Å². The molecule has 0 aliphatic rings. The minimum atomic E-state index is 0.771. The zero-order valence-corrected chi connectivity index (χ0v) is 10.7. The summed E-state index contributed by atoms with van der Waals surface area (Å²) in [5, 5.41) is 0. The first-order valence-electron chi connectivity index (χ1n) is 6.22. The van der Waals surface area contributed by atoms with Gasteiger partial charge in [-0.3, -0.25) is 0 Å². The number of hydrogen-bond donors (Lipinski definition) is 0. The second-order valence-electron chi connectivity index (χ2n) is 4.27. The topological polar surface area (TPSA) is 0 Å². The van der Waals surface area contributed by atoms with Gasteiger partial charge in [0, 0.05) is 19.3 Å². The van der Waals surface area contributed by atoms with Crippen molar-refractivity contribution < 1.29 is 0 Å². The van der Waals surface area contributed by atoms with E-state index in [9.17, 15) is 0 Å². The van der Waals surface area contributed by atoms with Crippen molar-refractivity contribution in [3.63, 3.8) is 0 Å². The van der Waals surface area contributed by atoms with Gasteiger partial charge in [-0.15, -0.1) is 37.0 Å². The molecule has 0 N–H and O–H groups in total. The fourth-order valence-corrected chi connectivity index (χ4v) is 1.92. The zero-order valence-electron chi connectivity index (χ0n) is 10.7. The number of terminal acetylenes is 3. The molecule has 0 aromatic heterocycles. The summed E-state index contributed by atoms with van der Waals surface area (Å²) < 4.78 is 0. The van der Waals surface area contributed by atoms with Gasteiger partial charge in [0.25, 0.3) is 0 Å². The molecule has 0 heterocycles. The first-order chi connectivity index (χ1) is 8.80. The third-order valence-electron chi connectivity index (χ3n) is 2.79. The molecule has 18 heavy (non-hydrogen) atoms. The molecule has 0 fully saturated rings. The Morgan fingerprint density at radius 1 is 0.611 bits per heavy atom. The van der Waals surface area contributed by atoms with Gasteiger partial charge in [-0.2, -0.15) is 0 Å². The van der Waals surface area contributed by atoms with E-state index in [1.54, 1.807) is 0 Å². The van der Waals surface area contributed by atoms with Crippen molar-refractivity contribution in [1.82, 2.24) is 0 Å². The van der Waals surface area contributed by atoms with Crippen LogP contribution in [-0.4, -0.2) is 0 Å². The molecule has 0 saturated heterocycles. The average Bonchev–Trinajstić information content (AvgIpc) is 2.40. The van der Waals surface area contributed by atoms with Crippen molar-refractivity contribution in [2.75, 3.05) is 0 Å². The lowest BCUT2D eigenvalue weighted by atomic mass is 9.97. The smallest absolute Gasteiger partial charge is 0.0127 e. The first-order valence-corrected chi connectivity index (χ1v) is 6.22. The predicted octanol–water partition coefficient (Wildman–Crippen LogP) is 3.38. The van der Waals surface area contributed by atoms with Crippen LogP contribution in [0.4, 0.5) is 0 Å². The third kappa shape index (κ3) is 4.82. The fraction of sp³-hybridized carbons (Fsp3) is 0.333. The summed E-state index contributed by atoms with van der Waals surface area (Å²) in [6.45, 7) is 0. The van der Waals surface area contributed by atoms with Crippen molar-refractivity contribution in [1.29, 1.82) is 0 Å². The minimum Gasteiger partial charge on any atom is -0.120 e. The van der Waals surface area contributed by atoms with Gasteiger partial charge in [0.1, 0.15) is 0 Å². The second-order valence-corrected chi connectivity index (χ2v) is 4.27. The highest BCUT2D eigenvalue weighted by Crippen LogP contribution is 2.15. The molecule has 0 amide bonds. The fourth-order valence-electron chi connectivity index (χ4n) is 1.92. The quantitative estimate of drug-likeness (QED) is 0.662. The van der Waals surface area contributed by atoms with Crippen LogP contribution >= 0.6 is 0 Å². The molecule has 1 aromatic carbocycles. The Bertz CT molecular complexity index is 412. The van der Waals surface area contributed by atoms with Crippen molar-refractivity contribution in [2.24, 2.45) is 0 Å². The molecule has 0 spiro atoms. The Morgan fingerprint density at radius 2 is 0.889 bits per heavy atom. The lowest BCUT2D eigenvalue weighted by Crippen LogP contribution is -1.94. The number of hydrogen-bond acceptors (Lipinski definition) is 0. The summed E-state index contributed by atoms with van der Waals surface area (Å²) in [7, 11) is 0. The van der Waals surface area contributed by atoms with Crippen molar-refractivity contribution in [2.45, 2.75) is 38.5 Å². The normalized spacial score (nSPS) is 9.17. The van der Waals surface area contributed by atoms with E-state index in [2.05, 4.69) is 36.0 Å². The maximum Gasteiger partial charge on any atom is 0.0127 e. The van der Waals surface area contributed by atoms with Crippen LogP contribution in [0.5, 0.6) is 0 Å². The molecule has 90 valence electrons. The van der Waals surface area contributed by atoms with Crippen LogP contribution in [0.3, 0.4) is 0 Å². The minimum absolute atomic E-state index is 0.771. The van der Waals surface area contributed by atoms with Gasteiger partial charge in [0.15, 0.2) is 0 Å². The maximum absolute atomic E-state index is 5.31. The lowest BCUT2D eigenvalue weighted by molar-refractivity contribution is 0.956. The summed E-state index contributed by atoms with van der Waals surface area (Å²) in [5.41, 5.74) is 3.86. The van der Waals surface area contributed by atoms with Gasteiger partial charge >= 0.3 is 0 Å². The molecular weight excluding hydrogens is 216 g/mol. The number of benzene rings is 1. The van der Waals surface area contributed by atoms with E-state index in [1.165, 1.54) is 16.7 Å². The highest BCUT2D eigenvalue weighted by atomic mass is 14.1. The van der Waals surface area contributed by atoms with E-state index in [0.717, 1.165) is 38.5 Å². The molecule has 0 nitrogen and oxygen atoms in total. The van der Waals surface area contributed by atoms with Crippen LogP contribution in [0.2, 0.25) is 0 Å². The van der Waals surface area contributed by atoms with Crippen LogP contribution < -0.4 is 0 Å². The molecule has 0 heteroatoms. The summed E-state index contributed by atoms with van der Waals surface area (Å²) in [6.07, 6.45) is 21.0. The summed E-state index contributed by atoms with van der Waals surface area (Å²) in [6, 6.07) is 6.61. The van der Waals surface area contributed by atoms with Crippen molar-refractivity contribution >= 4 is 0 Å². The molecule has 0 aliphatic carbocycles. The van der Waals surface area contributed by atoms with Crippen LogP contribution in [-0.2, 0) is 19.3 Å². The maximum atomic E-state index is 5.31. The predicted molar refractivity (Wildman–Crippen MR) is 77.9 cm³/mol. The SMILES string of the molecule is C#CCCc1cc(CCC#C)cc(CCC#C)c1. The van der Waals surface area contributed by atoms with E-state index in [-0.39, 0.29) is 0 Å². The molecule has 1 aromatic rings. The van der Waals surface area contributed by atoms with E-state index in [0.29, 0.717) is 0 Å². The molecule has 0 bridgehead atoms. The number of rotatable bonds is 6. The Balaban J connectivity index is 2.86. The lowest BCUT2D eigenvalue weighted by Gasteiger charge is -2.08. The van der Waals surface area contributed by atoms with E-state index < -0.39 is 0 Å². The molecular formula is C18H18. The monoisotopic (exact) mass is 234 g/mol. The van der Waals surface area contributed by atoms with Gasteiger partial charge < -0.3 is 0 Å². The van der Waals surface area contributed by atoms with Gasteiger partial charge in [-0.25, -0.2) is 0 Å². The second kappa shape index (κ2) is 8.06. The Labute approximate surface area is 111 Å². The molecule has 0 atom stereocenters. The molecule has 0 radical (unpaired) electrons. The van der Waals surface area contributed by atoms with E-state index >= 15 is 0 Å². The Hall–Kier alpha value is -2.10. The van der Waals surface area contributed by atoms with Gasteiger partial charge in [-0.05, 0) is 36.0 Å². The number of aryl methyl sites for hydroxylation is 3.